The second kappa shape index (κ2) is 31.6. The summed E-state index contributed by atoms with van der Waals surface area (Å²) in [5, 5.41) is 34.8. The van der Waals surface area contributed by atoms with Gasteiger partial charge in [0.25, 0.3) is 5.91 Å². The van der Waals surface area contributed by atoms with E-state index in [2.05, 4.69) is 47.9 Å². The molecule has 76 heavy (non-hydrogen) atoms. The fourth-order valence-corrected chi connectivity index (χ4v) is 8.25. The van der Waals surface area contributed by atoms with Crippen LogP contribution in [0, 0.1) is 35.5 Å². The van der Waals surface area contributed by atoms with Gasteiger partial charge in [-0.2, -0.15) is 0 Å². The zero-order chi connectivity index (χ0) is 57.7. The van der Waals surface area contributed by atoms with Crippen molar-refractivity contribution < 1.29 is 57.8 Å². The van der Waals surface area contributed by atoms with E-state index < -0.39 is 143 Å². The van der Waals surface area contributed by atoms with E-state index in [0.29, 0.717) is 30.7 Å². The Balaban J connectivity index is 2.70. The highest BCUT2D eigenvalue weighted by atomic mass is 16.5. The topological polar surface area (TPSA) is 308 Å². The average molecular weight is 1070 g/mol. The number of amides is 9. The van der Waals surface area contributed by atoms with Crippen molar-refractivity contribution in [2.75, 3.05) is 0 Å². The molecule has 1 heterocycles. The van der Waals surface area contributed by atoms with Crippen LogP contribution in [0.2, 0.25) is 0 Å². The summed E-state index contributed by atoms with van der Waals surface area (Å²) in [4.78, 5) is 141. The molecular weight excluding hydrogens is 979 g/mol. The molecule has 1 aliphatic rings. The van der Waals surface area contributed by atoms with Crippen molar-refractivity contribution in [1.29, 1.82) is 0 Å². The maximum atomic E-state index is 14.8. The minimum absolute atomic E-state index is 0.00890. The van der Waals surface area contributed by atoms with Crippen LogP contribution in [0.15, 0.2) is 42.1 Å². The third-order valence-corrected chi connectivity index (χ3v) is 13.6. The van der Waals surface area contributed by atoms with Gasteiger partial charge in [0.1, 0.15) is 60.1 Å². The highest BCUT2D eigenvalue weighted by molar-refractivity contribution is 6.02. The van der Waals surface area contributed by atoms with Gasteiger partial charge in [0.05, 0.1) is 6.10 Å². The summed E-state index contributed by atoms with van der Waals surface area (Å²) in [5.74, 6) is -10.7. The van der Waals surface area contributed by atoms with Crippen molar-refractivity contribution in [2.45, 2.75) is 203 Å². The highest BCUT2D eigenvalue weighted by Crippen LogP contribution is 2.17. The lowest BCUT2D eigenvalue weighted by Gasteiger charge is -2.33. The van der Waals surface area contributed by atoms with Gasteiger partial charge in [-0.25, -0.2) is 4.79 Å². The fourth-order valence-electron chi connectivity index (χ4n) is 8.25. The fraction of sp³-hybridized carbons (Fsp3) is 0.673. The minimum Gasteiger partial charge on any atom is -0.458 e. The second-order valence-corrected chi connectivity index (χ2v) is 21.5. The number of aliphatic hydroxyl groups is 1. The van der Waals surface area contributed by atoms with Crippen LogP contribution in [0.3, 0.4) is 0 Å². The Morgan fingerprint density at radius 2 is 1.24 bits per heavy atom. The first-order valence-electron chi connectivity index (χ1n) is 26.9. The summed E-state index contributed by atoms with van der Waals surface area (Å²) >= 11 is 0. The number of rotatable bonds is 21. The number of hydrogen-bond acceptors (Lipinski definition) is 12. The molecule has 426 valence electrons. The molecule has 2 rings (SSSR count). The zero-order valence-electron chi connectivity index (χ0n) is 47.4. The Morgan fingerprint density at radius 1 is 0.671 bits per heavy atom. The van der Waals surface area contributed by atoms with E-state index in [1.165, 1.54) is 26.8 Å². The standard InChI is InChI=1S/C55H89N9O12/c1-16-32(12)43-51(71)59-41(30(8)9)49(69)57-38(27-36-24-20-19-21-25-36)48(68)56-37(18-3)47(67)60-42(31(10)11)55(75)76-35(15)46(54(74)62-43)64-52(72)44(33(13)17-2)61-53(73)45(34(14)65)63-50(70)40(29(6)7)58-39(66)26-22-23-28(4)5/h18-21,24-25,28-35,38,40-46,65H,16-17,22-23,26-27H2,1-15H3,(H,56,68)(H,57,69)(H,58,66)(H,59,71)(H,60,67)(H,61,73)(H,62,74)(H,63,70)(H,64,72)/b37-18-/t32-,33-,34+,35+,38-,40+,41+,42-,43+,44+,45-,46+/m0/s1. The Morgan fingerprint density at radius 3 is 1.76 bits per heavy atom. The van der Waals surface area contributed by atoms with Crippen LogP contribution in [0.25, 0.3) is 0 Å². The summed E-state index contributed by atoms with van der Waals surface area (Å²) in [5.41, 5.74) is 0.415. The van der Waals surface area contributed by atoms with E-state index in [4.69, 9.17) is 4.74 Å². The molecule has 0 bridgehead atoms. The molecule has 0 aliphatic carbocycles. The molecular formula is C55H89N9O12. The normalized spacial score (nSPS) is 23.4. The van der Waals surface area contributed by atoms with Gasteiger partial charge in [-0.1, -0.05) is 139 Å². The largest absolute Gasteiger partial charge is 0.458 e. The molecule has 0 saturated carbocycles. The lowest BCUT2D eigenvalue weighted by Crippen LogP contribution is -2.64. The predicted octanol–water partition coefficient (Wildman–Crippen LogP) is 2.34. The maximum Gasteiger partial charge on any atom is 0.329 e. The summed E-state index contributed by atoms with van der Waals surface area (Å²) in [7, 11) is 0. The average Bonchev–Trinajstić information content (AvgIpc) is 3.35. The molecule has 0 radical (unpaired) electrons. The Hall–Kier alpha value is -6.38. The molecule has 0 aromatic heterocycles. The van der Waals surface area contributed by atoms with E-state index in [-0.39, 0.29) is 24.4 Å². The molecule has 0 spiro atoms. The lowest BCUT2D eigenvalue weighted by molar-refractivity contribution is -0.157. The van der Waals surface area contributed by atoms with Gasteiger partial charge in [-0.3, -0.25) is 43.2 Å². The van der Waals surface area contributed by atoms with Gasteiger partial charge in [0.2, 0.25) is 47.3 Å². The number of benzene rings is 1. The van der Waals surface area contributed by atoms with Crippen molar-refractivity contribution in [3.63, 3.8) is 0 Å². The molecule has 0 unspecified atom stereocenters. The van der Waals surface area contributed by atoms with Crippen molar-refractivity contribution in [2.24, 2.45) is 35.5 Å². The smallest absolute Gasteiger partial charge is 0.329 e. The van der Waals surface area contributed by atoms with E-state index in [1.54, 1.807) is 99.6 Å². The Kier molecular flexibility index (Phi) is 27.3. The molecule has 1 saturated heterocycles. The zero-order valence-corrected chi connectivity index (χ0v) is 47.4. The Labute approximate surface area is 449 Å². The van der Waals surface area contributed by atoms with Gasteiger partial charge >= 0.3 is 5.97 Å². The SMILES string of the molecule is C/C=C1\NC(=O)[C@H](Cc2ccccc2)NC(=O)[C@@H](C(C)C)NC(=O)[C@@H]([C@@H](C)CC)NC(=O)[C@H](NC(=O)[C@H](NC(=O)[C@@H](NC(=O)[C@H](NC(=O)CCCC(C)C)C(C)C)[C@@H](C)O)[C@@H](C)CC)[C@@H](C)OC(=O)[C@H](C(C)C)NC1=O. The first-order chi connectivity index (χ1) is 35.6. The monoisotopic (exact) mass is 1070 g/mol. The maximum absolute atomic E-state index is 14.8. The van der Waals surface area contributed by atoms with Crippen LogP contribution >= 0.6 is 0 Å². The summed E-state index contributed by atoms with van der Waals surface area (Å²) in [6, 6.07) is -2.33. The van der Waals surface area contributed by atoms with E-state index in [9.17, 15) is 53.1 Å². The molecule has 1 aromatic rings. The number of esters is 1. The molecule has 1 fully saturated rings. The number of allylic oxidation sites excluding steroid dienone is 1. The van der Waals surface area contributed by atoms with Gasteiger partial charge in [0.15, 0.2) is 0 Å². The molecule has 10 N–H and O–H groups in total. The summed E-state index contributed by atoms with van der Waals surface area (Å²) < 4.78 is 5.88. The van der Waals surface area contributed by atoms with Crippen molar-refractivity contribution >= 4 is 59.1 Å². The van der Waals surface area contributed by atoms with Crippen LogP contribution in [0.4, 0.5) is 0 Å². The molecule has 21 heteroatoms. The summed E-state index contributed by atoms with van der Waals surface area (Å²) in [6.45, 7) is 25.0. The van der Waals surface area contributed by atoms with E-state index in [1.807, 2.05) is 13.8 Å². The van der Waals surface area contributed by atoms with Gasteiger partial charge in [-0.15, -0.1) is 0 Å². The molecule has 12 atom stereocenters. The van der Waals surface area contributed by atoms with Crippen LogP contribution in [0.1, 0.15) is 142 Å². The van der Waals surface area contributed by atoms with Gasteiger partial charge < -0.3 is 57.7 Å². The van der Waals surface area contributed by atoms with Gasteiger partial charge in [0, 0.05) is 12.8 Å². The van der Waals surface area contributed by atoms with Gasteiger partial charge in [-0.05, 0) is 68.3 Å². The number of carbonyl (C=O) groups is 10. The second-order valence-electron chi connectivity index (χ2n) is 21.5. The van der Waals surface area contributed by atoms with Crippen LogP contribution in [-0.4, -0.2) is 125 Å². The number of hydrogen-bond donors (Lipinski definition) is 10. The number of nitrogens with one attached hydrogen (secondary N) is 9. The lowest BCUT2D eigenvalue weighted by atomic mass is 9.95. The molecule has 9 amide bonds. The minimum atomic E-state index is -1.78. The van der Waals surface area contributed by atoms with E-state index >= 15 is 0 Å². The van der Waals surface area contributed by atoms with Crippen LogP contribution in [0.5, 0.6) is 0 Å². The Bertz CT molecular complexity index is 2180. The first-order valence-corrected chi connectivity index (χ1v) is 26.9. The first kappa shape index (κ1) is 65.7. The number of aliphatic hydroxyl groups excluding tert-OH is 1. The highest BCUT2D eigenvalue weighted by Gasteiger charge is 2.41. The van der Waals surface area contributed by atoms with Crippen molar-refractivity contribution in [3.8, 4) is 0 Å². The van der Waals surface area contributed by atoms with E-state index in [0.717, 1.165) is 6.42 Å². The van der Waals surface area contributed by atoms with Crippen LogP contribution in [-0.2, 0) is 59.1 Å². The molecule has 1 aliphatic heterocycles. The number of carbonyl (C=O) groups excluding carboxylic acids is 10. The van der Waals surface area contributed by atoms with Crippen molar-refractivity contribution in [3.05, 3.63) is 47.7 Å². The van der Waals surface area contributed by atoms with Crippen LogP contribution < -0.4 is 47.9 Å². The molecule has 21 nitrogen and oxygen atoms in total. The summed E-state index contributed by atoms with van der Waals surface area (Å²) in [6.07, 6.45) is 0.512. The third kappa shape index (κ3) is 20.3. The quantitative estimate of drug-likeness (QED) is 0.0627. The third-order valence-electron chi connectivity index (χ3n) is 13.6. The van der Waals surface area contributed by atoms with Crippen molar-refractivity contribution in [1.82, 2.24) is 47.9 Å². The number of cyclic esters (lactones) is 1. The predicted molar refractivity (Wildman–Crippen MR) is 287 cm³/mol. The molecule has 1 aromatic carbocycles. The number of ether oxygens (including phenoxy) is 1.